The molecule has 0 spiro atoms. The van der Waals surface area contributed by atoms with Gasteiger partial charge in [0.2, 0.25) is 11.8 Å². The lowest BCUT2D eigenvalue weighted by Crippen LogP contribution is -2.14. The van der Waals surface area contributed by atoms with Gasteiger partial charge in [-0.05, 0) is 36.2 Å². The van der Waals surface area contributed by atoms with E-state index in [2.05, 4.69) is 20.4 Å². The molecule has 0 saturated carbocycles. The molecule has 2 aromatic carbocycles. The second-order valence-electron chi connectivity index (χ2n) is 6.61. The number of anilines is 1. The van der Waals surface area contributed by atoms with Gasteiger partial charge in [-0.2, -0.15) is 0 Å². The standard InChI is InChI=1S/C22H16ClFN4O2/c1-13-6-7-15(10-17(13)24)21-20(18-8-9-25-12-26-18)22(30-28-21)27-19(29)11-14-4-2-3-5-16(14)23/h2-10,12H,11H2,1H3,(H,27,29). The van der Waals surface area contributed by atoms with Crippen LogP contribution in [0.25, 0.3) is 22.5 Å². The van der Waals surface area contributed by atoms with Crippen LogP contribution in [-0.4, -0.2) is 21.0 Å². The summed E-state index contributed by atoms with van der Waals surface area (Å²) in [4.78, 5) is 20.8. The van der Waals surface area contributed by atoms with Gasteiger partial charge in [-0.1, -0.05) is 47.1 Å². The van der Waals surface area contributed by atoms with E-state index < -0.39 is 0 Å². The van der Waals surface area contributed by atoms with Gasteiger partial charge in [0.15, 0.2) is 0 Å². The smallest absolute Gasteiger partial charge is 0.241 e. The van der Waals surface area contributed by atoms with Gasteiger partial charge in [-0.25, -0.2) is 14.4 Å². The second kappa shape index (κ2) is 8.42. The lowest BCUT2D eigenvalue weighted by molar-refractivity contribution is -0.115. The number of carbonyl (C=O) groups excluding carboxylic acids is 1. The number of carbonyl (C=O) groups is 1. The number of nitrogens with one attached hydrogen (secondary N) is 1. The largest absolute Gasteiger partial charge is 0.337 e. The van der Waals surface area contributed by atoms with Gasteiger partial charge in [-0.3, -0.25) is 10.1 Å². The maximum absolute atomic E-state index is 14.1. The third-order valence-electron chi connectivity index (χ3n) is 4.54. The number of rotatable bonds is 5. The van der Waals surface area contributed by atoms with Crippen LogP contribution in [0.4, 0.5) is 10.3 Å². The van der Waals surface area contributed by atoms with Gasteiger partial charge >= 0.3 is 0 Å². The molecular formula is C22H16ClFN4O2. The average Bonchev–Trinajstić information content (AvgIpc) is 3.15. The molecule has 150 valence electrons. The van der Waals surface area contributed by atoms with Crippen LogP contribution < -0.4 is 5.32 Å². The fraction of sp³-hybridized carbons (Fsp3) is 0.0909. The van der Waals surface area contributed by atoms with Crippen molar-refractivity contribution in [2.75, 3.05) is 5.32 Å². The molecule has 0 atom stereocenters. The van der Waals surface area contributed by atoms with Crippen molar-refractivity contribution >= 4 is 23.4 Å². The Hall–Kier alpha value is -3.58. The lowest BCUT2D eigenvalue weighted by atomic mass is 10.0. The summed E-state index contributed by atoms with van der Waals surface area (Å²) in [6, 6.07) is 13.5. The van der Waals surface area contributed by atoms with Crippen molar-refractivity contribution in [3.05, 3.63) is 83.0 Å². The molecule has 0 saturated heterocycles. The monoisotopic (exact) mass is 422 g/mol. The number of aromatic nitrogens is 3. The van der Waals surface area contributed by atoms with Gasteiger partial charge in [-0.15, -0.1) is 0 Å². The number of amides is 1. The summed E-state index contributed by atoms with van der Waals surface area (Å²) in [7, 11) is 0. The lowest BCUT2D eigenvalue weighted by Gasteiger charge is -2.07. The molecule has 30 heavy (non-hydrogen) atoms. The summed E-state index contributed by atoms with van der Waals surface area (Å²) >= 11 is 6.14. The van der Waals surface area contributed by atoms with E-state index >= 15 is 0 Å². The SMILES string of the molecule is Cc1ccc(-c2noc(NC(=O)Cc3ccccc3Cl)c2-c2ccncn2)cc1F. The first-order chi connectivity index (χ1) is 14.5. The zero-order valence-electron chi connectivity index (χ0n) is 15.9. The van der Waals surface area contributed by atoms with E-state index in [9.17, 15) is 9.18 Å². The van der Waals surface area contributed by atoms with Crippen LogP contribution >= 0.6 is 11.6 Å². The zero-order chi connectivity index (χ0) is 21.1. The maximum Gasteiger partial charge on any atom is 0.241 e. The van der Waals surface area contributed by atoms with Crippen LogP contribution in [0.15, 0.2) is 65.6 Å². The molecular weight excluding hydrogens is 407 g/mol. The van der Waals surface area contributed by atoms with E-state index in [0.717, 1.165) is 0 Å². The quantitative estimate of drug-likeness (QED) is 0.485. The molecule has 0 fully saturated rings. The average molecular weight is 423 g/mol. The molecule has 2 heterocycles. The van der Waals surface area contributed by atoms with E-state index in [1.807, 2.05) is 0 Å². The Bertz CT molecular complexity index is 1210. The fourth-order valence-corrected chi connectivity index (χ4v) is 3.18. The summed E-state index contributed by atoms with van der Waals surface area (Å²) in [5.74, 6) is -0.591. The van der Waals surface area contributed by atoms with E-state index in [-0.39, 0.29) is 24.0 Å². The minimum absolute atomic E-state index is 0.0537. The summed E-state index contributed by atoms with van der Waals surface area (Å²) in [6.45, 7) is 1.67. The van der Waals surface area contributed by atoms with Crippen molar-refractivity contribution in [3.63, 3.8) is 0 Å². The van der Waals surface area contributed by atoms with Gasteiger partial charge in [0, 0.05) is 16.8 Å². The summed E-state index contributed by atoms with van der Waals surface area (Å²) in [5.41, 5.74) is 2.98. The Labute approximate surface area is 176 Å². The van der Waals surface area contributed by atoms with E-state index in [0.29, 0.717) is 38.7 Å². The highest BCUT2D eigenvalue weighted by atomic mass is 35.5. The third-order valence-corrected chi connectivity index (χ3v) is 4.91. The Kier molecular flexibility index (Phi) is 5.54. The Morgan fingerprint density at radius 2 is 2.03 bits per heavy atom. The van der Waals surface area contributed by atoms with Crippen molar-refractivity contribution in [2.45, 2.75) is 13.3 Å². The van der Waals surface area contributed by atoms with Gasteiger partial charge in [0.05, 0.1) is 17.7 Å². The summed E-state index contributed by atoms with van der Waals surface area (Å²) in [5, 5.41) is 7.29. The highest BCUT2D eigenvalue weighted by Crippen LogP contribution is 2.37. The van der Waals surface area contributed by atoms with Crippen LogP contribution in [0, 0.1) is 12.7 Å². The highest BCUT2D eigenvalue weighted by molar-refractivity contribution is 6.31. The number of halogens is 2. The van der Waals surface area contributed by atoms with Gasteiger partial charge < -0.3 is 4.52 Å². The number of hydrogen-bond donors (Lipinski definition) is 1. The zero-order valence-corrected chi connectivity index (χ0v) is 16.7. The van der Waals surface area contributed by atoms with Crippen molar-refractivity contribution in [1.82, 2.24) is 15.1 Å². The predicted molar refractivity (Wildman–Crippen MR) is 111 cm³/mol. The minimum Gasteiger partial charge on any atom is -0.337 e. The molecule has 1 N–H and O–H groups in total. The molecule has 0 bridgehead atoms. The molecule has 4 rings (SSSR count). The van der Waals surface area contributed by atoms with Crippen LogP contribution in [0.5, 0.6) is 0 Å². The molecule has 4 aromatic rings. The Morgan fingerprint density at radius 1 is 1.20 bits per heavy atom. The number of hydrogen-bond acceptors (Lipinski definition) is 5. The molecule has 1 amide bonds. The molecule has 0 aliphatic carbocycles. The first-order valence-corrected chi connectivity index (χ1v) is 9.46. The fourth-order valence-electron chi connectivity index (χ4n) is 2.97. The number of aryl methyl sites for hydroxylation is 1. The van der Waals surface area contributed by atoms with Crippen LogP contribution in [0.1, 0.15) is 11.1 Å². The van der Waals surface area contributed by atoms with Crippen molar-refractivity contribution in [3.8, 4) is 22.5 Å². The van der Waals surface area contributed by atoms with E-state index in [1.54, 1.807) is 55.6 Å². The summed E-state index contributed by atoms with van der Waals surface area (Å²) in [6.07, 6.45) is 2.99. The Balaban J connectivity index is 1.71. The first-order valence-electron chi connectivity index (χ1n) is 9.09. The van der Waals surface area contributed by atoms with Crippen LogP contribution in [0.2, 0.25) is 5.02 Å². The van der Waals surface area contributed by atoms with Crippen LogP contribution in [-0.2, 0) is 11.2 Å². The molecule has 0 aliphatic rings. The molecule has 0 aliphatic heterocycles. The molecule has 6 nitrogen and oxygen atoms in total. The Morgan fingerprint density at radius 3 is 2.77 bits per heavy atom. The maximum atomic E-state index is 14.1. The van der Waals surface area contributed by atoms with Crippen molar-refractivity contribution < 1.29 is 13.7 Å². The topological polar surface area (TPSA) is 80.9 Å². The van der Waals surface area contributed by atoms with Gasteiger partial charge in [0.25, 0.3) is 0 Å². The van der Waals surface area contributed by atoms with E-state index in [1.165, 1.54) is 12.4 Å². The number of nitrogens with zero attached hydrogens (tertiary/aromatic N) is 3. The minimum atomic E-state index is -0.367. The number of benzene rings is 2. The normalized spacial score (nSPS) is 10.8. The predicted octanol–water partition coefficient (Wildman–Crippen LogP) is 5.08. The molecule has 2 aromatic heterocycles. The van der Waals surface area contributed by atoms with Crippen LogP contribution in [0.3, 0.4) is 0 Å². The molecule has 8 heteroatoms. The molecule has 0 radical (unpaired) electrons. The van der Waals surface area contributed by atoms with Crippen molar-refractivity contribution in [1.29, 1.82) is 0 Å². The van der Waals surface area contributed by atoms with Gasteiger partial charge in [0.1, 0.15) is 17.8 Å². The highest BCUT2D eigenvalue weighted by Gasteiger charge is 2.23. The van der Waals surface area contributed by atoms with Crippen molar-refractivity contribution in [2.24, 2.45) is 0 Å². The second-order valence-corrected chi connectivity index (χ2v) is 7.02. The summed E-state index contributed by atoms with van der Waals surface area (Å²) < 4.78 is 19.5. The molecule has 0 unspecified atom stereocenters. The third kappa shape index (κ3) is 4.06. The first kappa shape index (κ1) is 19.7. The van der Waals surface area contributed by atoms with E-state index in [4.69, 9.17) is 16.1 Å².